The van der Waals surface area contributed by atoms with Crippen molar-refractivity contribution in [3.8, 4) is 0 Å². The molecule has 150 valence electrons. The predicted octanol–water partition coefficient (Wildman–Crippen LogP) is 4.77. The molecule has 1 aromatic carbocycles. The molecule has 0 bridgehead atoms. The quantitative estimate of drug-likeness (QED) is 0.679. The largest absolute Gasteiger partial charge is 0.468 e. The zero-order chi connectivity index (χ0) is 20.7. The highest BCUT2D eigenvalue weighted by atomic mass is 32.1. The van der Waals surface area contributed by atoms with Gasteiger partial charge in [0.2, 0.25) is 0 Å². The summed E-state index contributed by atoms with van der Waals surface area (Å²) in [6.07, 6.45) is 0.856. The van der Waals surface area contributed by atoms with Gasteiger partial charge in [0.15, 0.2) is 17.4 Å². The van der Waals surface area contributed by atoms with Crippen LogP contribution >= 0.6 is 11.3 Å². The Morgan fingerprint density at radius 2 is 2.00 bits per heavy atom. The average Bonchev–Trinajstić information content (AvgIpc) is 3.23. The van der Waals surface area contributed by atoms with E-state index in [-0.39, 0.29) is 11.7 Å². The molecule has 29 heavy (non-hydrogen) atoms. The van der Waals surface area contributed by atoms with Crippen LogP contribution in [0, 0.1) is 17.6 Å². The fraction of sp³-hybridized carbons (Fsp3) is 0.318. The molecule has 1 aliphatic heterocycles. The highest BCUT2D eigenvalue weighted by molar-refractivity contribution is 7.10. The number of thiophene rings is 1. The summed E-state index contributed by atoms with van der Waals surface area (Å²) < 4.78 is 32.4. The van der Waals surface area contributed by atoms with Crippen LogP contribution in [0.5, 0.6) is 0 Å². The fourth-order valence-electron chi connectivity index (χ4n) is 4.28. The molecule has 0 radical (unpaired) electrons. The molecule has 0 saturated heterocycles. The number of ether oxygens (including phenoxy) is 1. The Balaban J connectivity index is 1.84. The molecular weight excluding hydrogens is 396 g/mol. The predicted molar refractivity (Wildman–Crippen MR) is 106 cm³/mol. The van der Waals surface area contributed by atoms with Gasteiger partial charge in [-0.3, -0.25) is 14.6 Å². The first kappa shape index (κ1) is 19.6. The van der Waals surface area contributed by atoms with Crippen molar-refractivity contribution in [1.29, 1.82) is 0 Å². The molecule has 1 aliphatic carbocycles. The van der Waals surface area contributed by atoms with Crippen LogP contribution in [0.25, 0.3) is 0 Å². The normalized spacial score (nSPS) is 24.2. The molecule has 0 saturated carbocycles. The van der Waals surface area contributed by atoms with E-state index in [4.69, 9.17) is 4.74 Å². The summed E-state index contributed by atoms with van der Waals surface area (Å²) in [7, 11) is 1.26. The Labute approximate surface area is 170 Å². The Morgan fingerprint density at radius 1 is 1.21 bits per heavy atom. The minimum Gasteiger partial charge on any atom is -0.468 e. The van der Waals surface area contributed by atoms with Gasteiger partial charge >= 0.3 is 5.97 Å². The van der Waals surface area contributed by atoms with Crippen molar-refractivity contribution in [2.24, 2.45) is 10.9 Å². The summed E-state index contributed by atoms with van der Waals surface area (Å²) in [6.45, 7) is 1.71. The van der Waals surface area contributed by atoms with Gasteiger partial charge in [-0.05, 0) is 42.5 Å². The van der Waals surface area contributed by atoms with E-state index in [0.29, 0.717) is 35.4 Å². The number of ketones is 1. The second kappa shape index (κ2) is 7.63. The van der Waals surface area contributed by atoms with Crippen LogP contribution in [0.2, 0.25) is 0 Å². The second-order valence-electron chi connectivity index (χ2n) is 7.31. The molecule has 0 spiro atoms. The molecule has 0 N–H and O–H groups in total. The van der Waals surface area contributed by atoms with Gasteiger partial charge in [0.1, 0.15) is 5.92 Å². The number of hydrogen-bond acceptors (Lipinski definition) is 5. The molecule has 0 fully saturated rings. The topological polar surface area (TPSA) is 55.7 Å². The molecule has 1 unspecified atom stereocenters. The van der Waals surface area contributed by atoms with Crippen molar-refractivity contribution in [3.05, 3.63) is 69.1 Å². The molecule has 7 heteroatoms. The van der Waals surface area contributed by atoms with E-state index in [1.165, 1.54) is 13.2 Å². The van der Waals surface area contributed by atoms with E-state index in [1.807, 2.05) is 17.5 Å². The molecular formula is C22H19F2NO3S. The molecule has 1 aromatic heterocycles. The monoisotopic (exact) mass is 415 g/mol. The fourth-order valence-corrected chi connectivity index (χ4v) is 5.11. The van der Waals surface area contributed by atoms with E-state index >= 15 is 0 Å². The number of Topliss-reactive ketones (excluding diaryl/α,β-unsaturated/α-hetero) is 1. The maximum absolute atomic E-state index is 14.0. The standard InChI is InChI=1S/C22H19F2NO3S/c1-11-19(22(27)28-2)20(12-5-6-14(23)15(24)8-12)21-16(25-11)9-13(10-17(21)26)18-4-3-7-29-18/h3-8,13,19-20H,9-10H2,1-2H3/t13-,19?,20+/m1/s1. The third kappa shape index (κ3) is 3.44. The van der Waals surface area contributed by atoms with Crippen LogP contribution in [0.1, 0.15) is 42.0 Å². The van der Waals surface area contributed by atoms with Crippen LogP contribution < -0.4 is 0 Å². The number of carbonyl (C=O) groups excluding carboxylic acids is 2. The summed E-state index contributed by atoms with van der Waals surface area (Å²) in [4.78, 5) is 31.4. The summed E-state index contributed by atoms with van der Waals surface area (Å²) in [5, 5.41) is 1.97. The van der Waals surface area contributed by atoms with Gasteiger partial charge in [0.05, 0.1) is 7.11 Å². The lowest BCUT2D eigenvalue weighted by Crippen LogP contribution is -2.37. The van der Waals surface area contributed by atoms with Crippen LogP contribution in [0.4, 0.5) is 8.78 Å². The van der Waals surface area contributed by atoms with Crippen molar-refractivity contribution in [2.75, 3.05) is 7.11 Å². The summed E-state index contributed by atoms with van der Waals surface area (Å²) in [5.74, 6) is -4.25. The number of hydrogen-bond donors (Lipinski definition) is 0. The first-order chi connectivity index (χ1) is 13.9. The molecule has 3 atom stereocenters. The number of aliphatic imine (C=N–C) groups is 1. The maximum atomic E-state index is 14.0. The van der Waals surface area contributed by atoms with Gasteiger partial charge in [0, 0.05) is 40.1 Å². The van der Waals surface area contributed by atoms with Crippen molar-refractivity contribution in [2.45, 2.75) is 31.6 Å². The van der Waals surface area contributed by atoms with Crippen LogP contribution in [-0.4, -0.2) is 24.6 Å². The first-order valence-electron chi connectivity index (χ1n) is 9.28. The molecule has 4 nitrogen and oxygen atoms in total. The van der Waals surface area contributed by atoms with Crippen LogP contribution in [0.15, 0.2) is 52.0 Å². The zero-order valence-electron chi connectivity index (χ0n) is 15.9. The maximum Gasteiger partial charge on any atom is 0.315 e. The number of methoxy groups -OCH3 is 1. The van der Waals surface area contributed by atoms with E-state index in [9.17, 15) is 18.4 Å². The highest BCUT2D eigenvalue weighted by Gasteiger charge is 2.44. The average molecular weight is 415 g/mol. The molecule has 2 aromatic rings. The van der Waals surface area contributed by atoms with Gasteiger partial charge in [-0.2, -0.15) is 0 Å². The number of allylic oxidation sites excluding steroid dienone is 2. The van der Waals surface area contributed by atoms with Gasteiger partial charge in [-0.1, -0.05) is 12.1 Å². The van der Waals surface area contributed by atoms with Gasteiger partial charge in [-0.25, -0.2) is 8.78 Å². The molecule has 0 amide bonds. The minimum atomic E-state index is -1.02. The third-order valence-corrected chi connectivity index (χ3v) is 6.63. The lowest BCUT2D eigenvalue weighted by molar-refractivity contribution is -0.143. The number of benzene rings is 1. The Hall–Kier alpha value is -2.67. The highest BCUT2D eigenvalue weighted by Crippen LogP contribution is 2.47. The Kier molecular flexibility index (Phi) is 5.17. The summed E-state index contributed by atoms with van der Waals surface area (Å²) in [6, 6.07) is 7.43. The molecule has 4 rings (SSSR count). The van der Waals surface area contributed by atoms with Gasteiger partial charge < -0.3 is 4.74 Å². The number of nitrogens with zero attached hydrogens (tertiary/aromatic N) is 1. The Morgan fingerprint density at radius 3 is 2.66 bits per heavy atom. The van der Waals surface area contributed by atoms with Gasteiger partial charge in [0.25, 0.3) is 0 Å². The van der Waals surface area contributed by atoms with Crippen LogP contribution in [-0.2, 0) is 14.3 Å². The lowest BCUT2D eigenvalue weighted by atomic mass is 9.70. The third-order valence-electron chi connectivity index (χ3n) is 5.59. The van der Waals surface area contributed by atoms with E-state index in [1.54, 1.807) is 18.3 Å². The van der Waals surface area contributed by atoms with Crippen molar-refractivity contribution in [1.82, 2.24) is 0 Å². The van der Waals surface area contributed by atoms with Crippen LogP contribution in [0.3, 0.4) is 0 Å². The second-order valence-corrected chi connectivity index (χ2v) is 8.29. The number of halogens is 2. The van der Waals surface area contributed by atoms with E-state index in [0.717, 1.165) is 17.0 Å². The number of carbonyl (C=O) groups is 2. The first-order valence-corrected chi connectivity index (χ1v) is 10.2. The smallest absolute Gasteiger partial charge is 0.315 e. The van der Waals surface area contributed by atoms with Gasteiger partial charge in [-0.15, -0.1) is 11.3 Å². The summed E-state index contributed by atoms with van der Waals surface area (Å²) in [5.41, 5.74) is 1.89. The Bertz CT molecular complexity index is 1040. The number of esters is 1. The molecule has 2 aliphatic rings. The SMILES string of the molecule is COC(=O)C1C(C)=NC2=C(C(=O)C[C@H](c3cccs3)C2)[C@H]1c1ccc(F)c(F)c1. The van der Waals surface area contributed by atoms with Crippen molar-refractivity contribution >= 4 is 28.8 Å². The zero-order valence-corrected chi connectivity index (χ0v) is 16.8. The lowest BCUT2D eigenvalue weighted by Gasteiger charge is -2.36. The number of rotatable bonds is 3. The van der Waals surface area contributed by atoms with E-state index < -0.39 is 29.4 Å². The van der Waals surface area contributed by atoms with Crippen molar-refractivity contribution in [3.63, 3.8) is 0 Å². The van der Waals surface area contributed by atoms with Crippen molar-refractivity contribution < 1.29 is 23.1 Å². The minimum absolute atomic E-state index is 0.0260. The van der Waals surface area contributed by atoms with E-state index in [2.05, 4.69) is 4.99 Å². The molecule has 2 heterocycles. The summed E-state index contributed by atoms with van der Waals surface area (Å²) >= 11 is 1.59.